The zero-order chi connectivity index (χ0) is 13.4. The highest BCUT2D eigenvalue weighted by Crippen LogP contribution is 2.27. The highest BCUT2D eigenvalue weighted by atomic mass is 79.9. The van der Waals surface area contributed by atoms with Crippen molar-refractivity contribution in [2.45, 2.75) is 13.0 Å². The first-order valence-electron chi connectivity index (χ1n) is 5.80. The van der Waals surface area contributed by atoms with E-state index in [0.29, 0.717) is 36.0 Å². The van der Waals surface area contributed by atoms with E-state index in [0.717, 1.165) is 15.7 Å². The summed E-state index contributed by atoms with van der Waals surface area (Å²) in [6.45, 7) is 0.940. The van der Waals surface area contributed by atoms with E-state index in [-0.39, 0.29) is 5.56 Å². The van der Waals surface area contributed by atoms with Gasteiger partial charge in [-0.05, 0) is 34.1 Å². The topological polar surface area (TPSA) is 55.0 Å². The van der Waals surface area contributed by atoms with Crippen LogP contribution in [0.25, 0.3) is 11.4 Å². The fourth-order valence-electron chi connectivity index (χ4n) is 2.02. The van der Waals surface area contributed by atoms with Gasteiger partial charge < -0.3 is 9.72 Å². The molecule has 0 amide bonds. The molecule has 4 nitrogen and oxygen atoms in total. The first kappa shape index (κ1) is 12.8. The van der Waals surface area contributed by atoms with Gasteiger partial charge in [-0.1, -0.05) is 11.6 Å². The van der Waals surface area contributed by atoms with Gasteiger partial charge in [0.2, 0.25) is 0 Å². The summed E-state index contributed by atoms with van der Waals surface area (Å²) < 4.78 is 6.05. The van der Waals surface area contributed by atoms with Crippen molar-refractivity contribution >= 4 is 27.5 Å². The Morgan fingerprint density at radius 1 is 1.42 bits per heavy atom. The third-order valence-corrected chi connectivity index (χ3v) is 4.24. The lowest BCUT2D eigenvalue weighted by Crippen LogP contribution is -2.24. The van der Waals surface area contributed by atoms with Gasteiger partial charge in [-0.25, -0.2) is 4.98 Å². The van der Waals surface area contributed by atoms with E-state index in [1.54, 1.807) is 6.07 Å². The van der Waals surface area contributed by atoms with Crippen LogP contribution < -0.4 is 5.56 Å². The minimum absolute atomic E-state index is 0.134. The van der Waals surface area contributed by atoms with Gasteiger partial charge in [0, 0.05) is 16.5 Å². The molecule has 98 valence electrons. The number of aromatic amines is 1. The van der Waals surface area contributed by atoms with Crippen LogP contribution in [-0.2, 0) is 17.8 Å². The van der Waals surface area contributed by atoms with Gasteiger partial charge in [0.15, 0.2) is 0 Å². The Morgan fingerprint density at radius 2 is 2.26 bits per heavy atom. The Labute approximate surface area is 122 Å². The standard InChI is InChI=1S/C13H10BrClN2O2/c14-9-5-7(1-2-10(9)15)12-16-11-3-4-19-6-8(11)13(18)17-12/h1-2,5H,3-4,6H2,(H,16,17,18). The van der Waals surface area contributed by atoms with Gasteiger partial charge in [0.1, 0.15) is 5.82 Å². The van der Waals surface area contributed by atoms with Crippen LogP contribution in [0.3, 0.4) is 0 Å². The summed E-state index contributed by atoms with van der Waals surface area (Å²) in [5.74, 6) is 0.558. The van der Waals surface area contributed by atoms with E-state index in [9.17, 15) is 4.79 Å². The molecule has 2 heterocycles. The molecule has 6 heteroatoms. The summed E-state index contributed by atoms with van der Waals surface area (Å²) in [4.78, 5) is 19.3. The molecule has 0 saturated carbocycles. The summed E-state index contributed by atoms with van der Waals surface area (Å²) >= 11 is 9.32. The van der Waals surface area contributed by atoms with Crippen LogP contribution in [0.2, 0.25) is 5.02 Å². The van der Waals surface area contributed by atoms with Crippen molar-refractivity contribution in [2.75, 3.05) is 6.61 Å². The summed E-state index contributed by atoms with van der Waals surface area (Å²) in [6, 6.07) is 5.44. The van der Waals surface area contributed by atoms with Crippen LogP contribution in [0.5, 0.6) is 0 Å². The average Bonchev–Trinajstić information content (AvgIpc) is 2.42. The van der Waals surface area contributed by atoms with Crippen LogP contribution in [0.15, 0.2) is 27.5 Å². The number of nitrogens with one attached hydrogen (secondary N) is 1. The zero-order valence-electron chi connectivity index (χ0n) is 9.87. The number of hydrogen-bond donors (Lipinski definition) is 1. The van der Waals surface area contributed by atoms with Crippen molar-refractivity contribution < 1.29 is 4.74 Å². The Balaban J connectivity index is 2.12. The monoisotopic (exact) mass is 340 g/mol. The molecule has 0 atom stereocenters. The molecule has 1 aliphatic rings. The van der Waals surface area contributed by atoms with Crippen molar-refractivity contribution in [2.24, 2.45) is 0 Å². The number of H-pyrrole nitrogens is 1. The molecule has 1 aromatic carbocycles. The van der Waals surface area contributed by atoms with E-state index in [1.165, 1.54) is 0 Å². The molecule has 0 aliphatic carbocycles. The molecule has 3 rings (SSSR count). The minimum atomic E-state index is -0.134. The van der Waals surface area contributed by atoms with E-state index < -0.39 is 0 Å². The fraction of sp³-hybridized carbons (Fsp3) is 0.231. The molecular weight excluding hydrogens is 332 g/mol. The van der Waals surface area contributed by atoms with Crippen LogP contribution >= 0.6 is 27.5 Å². The van der Waals surface area contributed by atoms with E-state index in [4.69, 9.17) is 16.3 Å². The van der Waals surface area contributed by atoms with Crippen molar-refractivity contribution in [3.63, 3.8) is 0 Å². The normalized spacial score (nSPS) is 14.2. The highest BCUT2D eigenvalue weighted by molar-refractivity contribution is 9.10. The first-order chi connectivity index (χ1) is 9.15. The minimum Gasteiger partial charge on any atom is -0.376 e. The van der Waals surface area contributed by atoms with E-state index >= 15 is 0 Å². The smallest absolute Gasteiger partial charge is 0.256 e. The van der Waals surface area contributed by atoms with Gasteiger partial charge in [-0.15, -0.1) is 0 Å². The van der Waals surface area contributed by atoms with Gasteiger partial charge >= 0.3 is 0 Å². The maximum absolute atomic E-state index is 12.0. The van der Waals surface area contributed by atoms with Crippen LogP contribution in [0.4, 0.5) is 0 Å². The molecule has 1 aliphatic heterocycles. The van der Waals surface area contributed by atoms with Crippen LogP contribution in [-0.4, -0.2) is 16.6 Å². The number of fused-ring (bicyclic) bond motifs is 1. The number of benzene rings is 1. The van der Waals surface area contributed by atoms with Crippen LogP contribution in [0, 0.1) is 0 Å². The predicted octanol–water partition coefficient (Wildman–Crippen LogP) is 2.93. The lowest BCUT2D eigenvalue weighted by atomic mass is 10.1. The Kier molecular flexibility index (Phi) is 3.43. The molecule has 1 aromatic heterocycles. The summed E-state index contributed by atoms with van der Waals surface area (Å²) in [7, 11) is 0. The van der Waals surface area contributed by atoms with Crippen molar-refractivity contribution in [3.8, 4) is 11.4 Å². The number of aromatic nitrogens is 2. The maximum Gasteiger partial charge on any atom is 0.256 e. The second kappa shape index (κ2) is 5.07. The molecular formula is C13H10BrClN2O2. The molecule has 0 radical (unpaired) electrons. The second-order valence-electron chi connectivity index (χ2n) is 4.27. The summed E-state index contributed by atoms with van der Waals surface area (Å²) in [6.07, 6.45) is 0.668. The molecule has 0 saturated heterocycles. The van der Waals surface area contributed by atoms with Gasteiger partial charge in [0.25, 0.3) is 5.56 Å². The quantitative estimate of drug-likeness (QED) is 0.867. The summed E-state index contributed by atoms with van der Waals surface area (Å²) in [5, 5.41) is 0.623. The van der Waals surface area contributed by atoms with Gasteiger partial charge in [0.05, 0.1) is 29.5 Å². The SMILES string of the molecule is O=c1[nH]c(-c2ccc(Cl)c(Br)c2)nc2c1COCC2. The molecule has 0 spiro atoms. The Morgan fingerprint density at radius 3 is 3.05 bits per heavy atom. The number of hydrogen-bond acceptors (Lipinski definition) is 3. The number of ether oxygens (including phenoxy) is 1. The second-order valence-corrected chi connectivity index (χ2v) is 5.53. The molecule has 0 bridgehead atoms. The molecule has 0 fully saturated rings. The summed E-state index contributed by atoms with van der Waals surface area (Å²) in [5.41, 5.74) is 2.13. The van der Waals surface area contributed by atoms with Gasteiger partial charge in [-0.3, -0.25) is 4.79 Å². The third-order valence-electron chi connectivity index (χ3n) is 3.02. The average molecular weight is 342 g/mol. The maximum atomic E-state index is 12.0. The van der Waals surface area contributed by atoms with Crippen LogP contribution in [0.1, 0.15) is 11.3 Å². The number of nitrogens with zero attached hydrogens (tertiary/aromatic N) is 1. The Hall–Kier alpha value is -1.17. The van der Waals surface area contributed by atoms with Crippen molar-refractivity contribution in [1.29, 1.82) is 0 Å². The third kappa shape index (κ3) is 2.45. The highest BCUT2D eigenvalue weighted by Gasteiger charge is 2.16. The fourth-order valence-corrected chi connectivity index (χ4v) is 2.52. The predicted molar refractivity (Wildman–Crippen MR) is 76.4 cm³/mol. The largest absolute Gasteiger partial charge is 0.376 e. The zero-order valence-corrected chi connectivity index (χ0v) is 12.2. The van der Waals surface area contributed by atoms with Gasteiger partial charge in [-0.2, -0.15) is 0 Å². The number of halogens is 2. The van der Waals surface area contributed by atoms with Crippen molar-refractivity contribution in [3.05, 3.63) is 49.3 Å². The first-order valence-corrected chi connectivity index (χ1v) is 6.97. The van der Waals surface area contributed by atoms with E-state index in [2.05, 4.69) is 25.9 Å². The molecule has 19 heavy (non-hydrogen) atoms. The molecule has 2 aromatic rings. The Bertz CT molecular complexity index is 700. The van der Waals surface area contributed by atoms with Crippen molar-refractivity contribution in [1.82, 2.24) is 9.97 Å². The van der Waals surface area contributed by atoms with E-state index in [1.807, 2.05) is 12.1 Å². The molecule has 1 N–H and O–H groups in total. The lowest BCUT2D eigenvalue weighted by Gasteiger charge is -2.15. The molecule has 0 unspecified atom stereocenters. The lowest BCUT2D eigenvalue weighted by molar-refractivity contribution is 0.108. The number of rotatable bonds is 1.